The van der Waals surface area contributed by atoms with Crippen LogP contribution >= 0.6 is 15.9 Å². The van der Waals surface area contributed by atoms with E-state index in [1.807, 2.05) is 36.4 Å². The van der Waals surface area contributed by atoms with E-state index in [1.54, 1.807) is 12.1 Å². The van der Waals surface area contributed by atoms with Crippen LogP contribution in [0.1, 0.15) is 5.69 Å². The van der Waals surface area contributed by atoms with Gasteiger partial charge in [0.25, 0.3) is 0 Å². The molecule has 0 amide bonds. The third-order valence-corrected chi connectivity index (χ3v) is 4.14. The molecule has 0 aliphatic heterocycles. The minimum Gasteiger partial charge on any atom is -0.356 e. The van der Waals surface area contributed by atoms with Gasteiger partial charge in [0.1, 0.15) is 5.69 Å². The van der Waals surface area contributed by atoms with Crippen LogP contribution in [-0.2, 0) is 11.0 Å². The summed E-state index contributed by atoms with van der Waals surface area (Å²) in [5.74, 6) is 0. The predicted molar refractivity (Wildman–Crippen MR) is 82.2 cm³/mol. The van der Waals surface area contributed by atoms with Gasteiger partial charge in [-0.15, -0.1) is 0 Å². The van der Waals surface area contributed by atoms with Crippen molar-refractivity contribution < 1.29 is 8.73 Å². The van der Waals surface area contributed by atoms with Crippen LogP contribution in [0.4, 0.5) is 0 Å². The Morgan fingerprint density at radius 2 is 2.00 bits per heavy atom. The van der Waals surface area contributed by atoms with E-state index < -0.39 is 11.0 Å². The number of rotatable bonds is 3. The topological polar surface area (TPSA) is 55.5 Å². The summed E-state index contributed by atoms with van der Waals surface area (Å²) in [5, 5.41) is 4.75. The SMILES string of the molecule is O=S(/N=C/c1noc2ccc(Br)cc12)c1ccccc1. The Kier molecular flexibility index (Phi) is 3.75. The Labute approximate surface area is 126 Å². The normalized spacial score (nSPS) is 13.1. The minimum atomic E-state index is -1.44. The van der Waals surface area contributed by atoms with Gasteiger partial charge in [0, 0.05) is 4.47 Å². The number of nitrogens with zero attached hydrogens (tertiary/aromatic N) is 2. The molecule has 1 heterocycles. The standard InChI is InChI=1S/C14H9BrN2O2S/c15-10-6-7-14-12(8-10)13(17-19-14)9-16-20(18)11-4-2-1-3-5-11/h1-9H/b16-9+. The predicted octanol–water partition coefficient (Wildman–Crippen LogP) is 3.73. The highest BCUT2D eigenvalue weighted by Gasteiger charge is 2.07. The highest BCUT2D eigenvalue weighted by atomic mass is 79.9. The summed E-state index contributed by atoms with van der Waals surface area (Å²) >= 11 is 3.39. The first-order valence-electron chi connectivity index (χ1n) is 5.80. The molecule has 1 atom stereocenters. The molecule has 20 heavy (non-hydrogen) atoms. The average Bonchev–Trinajstić information content (AvgIpc) is 2.88. The van der Waals surface area contributed by atoms with Gasteiger partial charge in [0.15, 0.2) is 16.6 Å². The van der Waals surface area contributed by atoms with Crippen LogP contribution < -0.4 is 0 Å². The second kappa shape index (κ2) is 5.68. The molecule has 0 saturated carbocycles. The molecule has 0 aliphatic rings. The van der Waals surface area contributed by atoms with Gasteiger partial charge in [-0.2, -0.15) is 4.40 Å². The zero-order valence-electron chi connectivity index (χ0n) is 10.2. The van der Waals surface area contributed by atoms with Crippen molar-refractivity contribution >= 4 is 44.1 Å². The Bertz CT molecular complexity index is 799. The van der Waals surface area contributed by atoms with E-state index in [0.29, 0.717) is 16.2 Å². The highest BCUT2D eigenvalue weighted by molar-refractivity contribution is 9.10. The lowest BCUT2D eigenvalue weighted by Gasteiger charge is -1.94. The molecule has 6 heteroatoms. The monoisotopic (exact) mass is 348 g/mol. The molecule has 0 saturated heterocycles. The minimum absolute atomic E-state index is 0.561. The zero-order valence-corrected chi connectivity index (χ0v) is 12.6. The maximum Gasteiger partial charge on any atom is 0.172 e. The number of aromatic nitrogens is 1. The van der Waals surface area contributed by atoms with Crippen molar-refractivity contribution in [3.63, 3.8) is 0 Å². The Morgan fingerprint density at radius 3 is 2.80 bits per heavy atom. The van der Waals surface area contributed by atoms with E-state index in [-0.39, 0.29) is 0 Å². The average molecular weight is 349 g/mol. The molecule has 0 spiro atoms. The van der Waals surface area contributed by atoms with E-state index in [9.17, 15) is 4.21 Å². The van der Waals surface area contributed by atoms with Crippen molar-refractivity contribution in [1.82, 2.24) is 5.16 Å². The van der Waals surface area contributed by atoms with Gasteiger partial charge in [-0.05, 0) is 30.3 Å². The Balaban J connectivity index is 1.91. The van der Waals surface area contributed by atoms with Crippen molar-refractivity contribution in [2.24, 2.45) is 4.40 Å². The van der Waals surface area contributed by atoms with E-state index >= 15 is 0 Å². The molecule has 3 aromatic rings. The van der Waals surface area contributed by atoms with Crippen LogP contribution in [0.15, 0.2) is 66.8 Å². The number of fused-ring (bicyclic) bond motifs is 1. The molecular formula is C14H9BrN2O2S. The molecule has 100 valence electrons. The lowest BCUT2D eigenvalue weighted by atomic mass is 10.2. The van der Waals surface area contributed by atoms with Gasteiger partial charge < -0.3 is 4.52 Å². The van der Waals surface area contributed by atoms with Crippen molar-refractivity contribution in [1.29, 1.82) is 0 Å². The van der Waals surface area contributed by atoms with Gasteiger partial charge in [0.05, 0.1) is 16.5 Å². The molecule has 0 radical (unpaired) electrons. The van der Waals surface area contributed by atoms with Crippen molar-refractivity contribution in [3.05, 3.63) is 58.7 Å². The number of halogens is 1. The second-order valence-corrected chi connectivity index (χ2v) is 6.10. The van der Waals surface area contributed by atoms with Crippen molar-refractivity contribution in [3.8, 4) is 0 Å². The van der Waals surface area contributed by atoms with Crippen LogP contribution in [0.25, 0.3) is 11.0 Å². The van der Waals surface area contributed by atoms with Gasteiger partial charge >= 0.3 is 0 Å². The van der Waals surface area contributed by atoms with E-state index in [1.165, 1.54) is 6.21 Å². The van der Waals surface area contributed by atoms with Crippen molar-refractivity contribution in [2.45, 2.75) is 4.90 Å². The van der Waals surface area contributed by atoms with Crippen LogP contribution in [-0.4, -0.2) is 15.6 Å². The molecule has 0 aliphatic carbocycles. The molecule has 1 unspecified atom stereocenters. The lowest BCUT2D eigenvalue weighted by molar-refractivity contribution is 0.455. The fourth-order valence-electron chi connectivity index (χ4n) is 1.72. The molecule has 0 N–H and O–H groups in total. The molecular weight excluding hydrogens is 340 g/mol. The fourth-order valence-corrected chi connectivity index (χ4v) is 2.79. The summed E-state index contributed by atoms with van der Waals surface area (Å²) in [4.78, 5) is 0.651. The summed E-state index contributed by atoms with van der Waals surface area (Å²) in [6.45, 7) is 0. The molecule has 1 aromatic heterocycles. The van der Waals surface area contributed by atoms with E-state index in [0.717, 1.165) is 9.86 Å². The van der Waals surface area contributed by atoms with Gasteiger partial charge in [-0.25, -0.2) is 4.21 Å². The lowest BCUT2D eigenvalue weighted by Crippen LogP contribution is -1.89. The summed E-state index contributed by atoms with van der Waals surface area (Å²) < 4.78 is 22.1. The molecule has 4 nitrogen and oxygen atoms in total. The number of hydrogen-bond acceptors (Lipinski definition) is 3. The smallest absolute Gasteiger partial charge is 0.172 e. The van der Waals surface area contributed by atoms with Crippen molar-refractivity contribution in [2.75, 3.05) is 0 Å². The van der Waals surface area contributed by atoms with Crippen LogP contribution in [0, 0.1) is 0 Å². The quantitative estimate of drug-likeness (QED) is 0.677. The van der Waals surface area contributed by atoms with E-state index in [2.05, 4.69) is 25.5 Å². The van der Waals surface area contributed by atoms with Gasteiger partial charge in [-0.3, -0.25) is 0 Å². The Morgan fingerprint density at radius 1 is 1.20 bits per heavy atom. The third-order valence-electron chi connectivity index (χ3n) is 2.68. The van der Waals surface area contributed by atoms with Gasteiger partial charge in [0.2, 0.25) is 0 Å². The molecule has 2 aromatic carbocycles. The van der Waals surface area contributed by atoms with Crippen LogP contribution in [0.3, 0.4) is 0 Å². The Hall–Kier alpha value is -1.79. The maximum atomic E-state index is 12.0. The fraction of sp³-hybridized carbons (Fsp3) is 0. The number of hydrogen-bond donors (Lipinski definition) is 0. The third kappa shape index (κ3) is 2.71. The highest BCUT2D eigenvalue weighted by Crippen LogP contribution is 2.22. The molecule has 0 fully saturated rings. The number of benzene rings is 2. The largest absolute Gasteiger partial charge is 0.356 e. The van der Waals surface area contributed by atoms with Crippen LogP contribution in [0.5, 0.6) is 0 Å². The summed E-state index contributed by atoms with van der Waals surface area (Å²) in [5.41, 5.74) is 1.23. The summed E-state index contributed by atoms with van der Waals surface area (Å²) in [7, 11) is -1.44. The van der Waals surface area contributed by atoms with Crippen LogP contribution in [0.2, 0.25) is 0 Å². The van der Waals surface area contributed by atoms with E-state index in [4.69, 9.17) is 4.52 Å². The summed E-state index contributed by atoms with van der Waals surface area (Å²) in [6, 6.07) is 14.6. The van der Waals surface area contributed by atoms with Gasteiger partial charge in [-0.1, -0.05) is 39.3 Å². The first-order valence-corrected chi connectivity index (χ1v) is 7.70. The molecule has 3 rings (SSSR count). The molecule has 0 bridgehead atoms. The summed E-state index contributed by atoms with van der Waals surface area (Å²) in [6.07, 6.45) is 1.47. The first kappa shape index (κ1) is 13.2. The zero-order chi connectivity index (χ0) is 13.9. The second-order valence-electron chi connectivity index (χ2n) is 4.01. The maximum absolute atomic E-state index is 12.0. The first-order chi connectivity index (χ1) is 9.74.